The standard InChI is InChI=1S/C20H19F4N3O/c1-12(14-4-6-15(21)7-5-14)11-28-16-8-9-27-17(10-13-2-3-13)25-26-19(27)18(16)20(22,23)24/h4-9,12-13H,2-3,10-11H2,1H3. The Morgan fingerprint density at radius 3 is 2.50 bits per heavy atom. The number of halogens is 4. The molecule has 4 rings (SSSR count). The van der Waals surface area contributed by atoms with Crippen LogP contribution in [-0.2, 0) is 12.6 Å². The van der Waals surface area contributed by atoms with E-state index in [1.54, 1.807) is 12.1 Å². The Morgan fingerprint density at radius 2 is 1.86 bits per heavy atom. The second kappa shape index (κ2) is 7.07. The van der Waals surface area contributed by atoms with Crippen LogP contribution in [0.2, 0.25) is 0 Å². The summed E-state index contributed by atoms with van der Waals surface area (Å²) in [5.41, 5.74) is -0.379. The zero-order valence-electron chi connectivity index (χ0n) is 15.2. The summed E-state index contributed by atoms with van der Waals surface area (Å²) in [6, 6.07) is 7.14. The number of rotatable bonds is 6. The first-order valence-electron chi connectivity index (χ1n) is 9.15. The lowest BCUT2D eigenvalue weighted by Crippen LogP contribution is -2.14. The smallest absolute Gasteiger partial charge is 0.423 e. The maximum atomic E-state index is 13.8. The quantitative estimate of drug-likeness (QED) is 0.552. The van der Waals surface area contributed by atoms with E-state index in [0.717, 1.165) is 18.4 Å². The summed E-state index contributed by atoms with van der Waals surface area (Å²) in [7, 11) is 0. The highest BCUT2D eigenvalue weighted by atomic mass is 19.4. The summed E-state index contributed by atoms with van der Waals surface area (Å²) in [5, 5.41) is 7.76. The number of hydrogen-bond acceptors (Lipinski definition) is 3. The van der Waals surface area contributed by atoms with Crippen LogP contribution in [0, 0.1) is 11.7 Å². The summed E-state index contributed by atoms with van der Waals surface area (Å²) in [5.74, 6) is 0.166. The topological polar surface area (TPSA) is 39.4 Å². The fourth-order valence-corrected chi connectivity index (χ4v) is 3.19. The maximum absolute atomic E-state index is 13.8. The Hall–Kier alpha value is -2.64. The molecule has 8 heteroatoms. The molecule has 1 aliphatic rings. The van der Waals surface area contributed by atoms with E-state index in [0.29, 0.717) is 18.2 Å². The van der Waals surface area contributed by atoms with Gasteiger partial charge < -0.3 is 4.74 Å². The van der Waals surface area contributed by atoms with Gasteiger partial charge in [0, 0.05) is 18.5 Å². The van der Waals surface area contributed by atoms with Gasteiger partial charge in [0.15, 0.2) is 5.65 Å². The molecule has 2 heterocycles. The van der Waals surface area contributed by atoms with Crippen LogP contribution in [0.3, 0.4) is 0 Å². The molecular weight excluding hydrogens is 374 g/mol. The molecule has 148 valence electrons. The van der Waals surface area contributed by atoms with Crippen molar-refractivity contribution in [2.45, 2.75) is 38.3 Å². The predicted octanol–water partition coefficient (Wildman–Crippen LogP) is 5.02. The highest BCUT2D eigenvalue weighted by molar-refractivity contribution is 5.56. The molecule has 0 amide bonds. The van der Waals surface area contributed by atoms with E-state index >= 15 is 0 Å². The highest BCUT2D eigenvalue weighted by Crippen LogP contribution is 2.40. The van der Waals surface area contributed by atoms with Crippen molar-refractivity contribution in [1.29, 1.82) is 0 Å². The van der Waals surface area contributed by atoms with Gasteiger partial charge in [-0.25, -0.2) is 4.39 Å². The highest BCUT2D eigenvalue weighted by Gasteiger charge is 2.39. The Morgan fingerprint density at radius 1 is 1.14 bits per heavy atom. The number of ether oxygens (including phenoxy) is 1. The second-order valence-electron chi connectivity index (χ2n) is 7.27. The monoisotopic (exact) mass is 393 g/mol. The summed E-state index contributed by atoms with van der Waals surface area (Å²) in [6.45, 7) is 1.83. The molecule has 0 bridgehead atoms. The van der Waals surface area contributed by atoms with Crippen molar-refractivity contribution in [2.24, 2.45) is 5.92 Å². The third-order valence-corrected chi connectivity index (χ3v) is 4.99. The van der Waals surface area contributed by atoms with Crippen LogP contribution in [0.5, 0.6) is 5.75 Å². The summed E-state index contributed by atoms with van der Waals surface area (Å²) >= 11 is 0. The zero-order chi connectivity index (χ0) is 19.9. The molecule has 2 aromatic heterocycles. The van der Waals surface area contributed by atoms with Crippen LogP contribution in [-0.4, -0.2) is 21.2 Å². The van der Waals surface area contributed by atoms with E-state index in [1.807, 2.05) is 6.92 Å². The maximum Gasteiger partial charge on any atom is 0.423 e. The molecular formula is C20H19F4N3O. The minimum absolute atomic E-state index is 0.0218. The SMILES string of the molecule is CC(COc1ccn2c(CC3CC3)nnc2c1C(F)(F)F)c1ccc(F)cc1. The number of hydrogen-bond donors (Lipinski definition) is 0. The predicted molar refractivity (Wildman–Crippen MR) is 94.7 cm³/mol. The molecule has 0 radical (unpaired) electrons. The third-order valence-electron chi connectivity index (χ3n) is 4.99. The van der Waals surface area contributed by atoms with Crippen molar-refractivity contribution in [3.05, 3.63) is 59.3 Å². The number of fused-ring (bicyclic) bond motifs is 1. The molecule has 1 aliphatic carbocycles. The van der Waals surface area contributed by atoms with E-state index in [-0.39, 0.29) is 29.7 Å². The number of nitrogens with zero attached hydrogens (tertiary/aromatic N) is 3. The van der Waals surface area contributed by atoms with Gasteiger partial charge in [-0.1, -0.05) is 19.1 Å². The number of aromatic nitrogens is 3. The molecule has 1 aromatic carbocycles. The Balaban J connectivity index is 1.61. The van der Waals surface area contributed by atoms with Gasteiger partial charge >= 0.3 is 6.18 Å². The Labute approximate surface area is 159 Å². The Kier molecular flexibility index (Phi) is 4.72. The van der Waals surface area contributed by atoms with Crippen molar-refractivity contribution in [1.82, 2.24) is 14.6 Å². The van der Waals surface area contributed by atoms with Gasteiger partial charge in [-0.3, -0.25) is 4.40 Å². The lowest BCUT2D eigenvalue weighted by atomic mass is 10.0. The van der Waals surface area contributed by atoms with Crippen molar-refractivity contribution in [3.8, 4) is 5.75 Å². The van der Waals surface area contributed by atoms with Crippen LogP contribution in [0.4, 0.5) is 17.6 Å². The van der Waals surface area contributed by atoms with Crippen molar-refractivity contribution in [3.63, 3.8) is 0 Å². The van der Waals surface area contributed by atoms with Crippen LogP contribution < -0.4 is 4.74 Å². The molecule has 0 spiro atoms. The molecule has 1 atom stereocenters. The number of pyridine rings is 1. The molecule has 3 aromatic rings. The van der Waals surface area contributed by atoms with Gasteiger partial charge in [-0.2, -0.15) is 13.2 Å². The van der Waals surface area contributed by atoms with Gasteiger partial charge in [0.2, 0.25) is 0 Å². The molecule has 0 aliphatic heterocycles. The van der Waals surface area contributed by atoms with Gasteiger partial charge in [0.25, 0.3) is 0 Å². The number of alkyl halides is 3. The molecule has 1 saturated carbocycles. The minimum atomic E-state index is -4.62. The largest absolute Gasteiger partial charge is 0.492 e. The molecule has 0 N–H and O–H groups in total. The average Bonchev–Trinajstić information content (AvgIpc) is 3.38. The van der Waals surface area contributed by atoms with Crippen LogP contribution in [0.25, 0.3) is 5.65 Å². The third kappa shape index (κ3) is 3.81. The lowest BCUT2D eigenvalue weighted by Gasteiger charge is -2.18. The number of benzene rings is 1. The van der Waals surface area contributed by atoms with Gasteiger partial charge in [-0.15, -0.1) is 10.2 Å². The minimum Gasteiger partial charge on any atom is -0.492 e. The molecule has 0 saturated heterocycles. The first-order valence-corrected chi connectivity index (χ1v) is 9.15. The zero-order valence-corrected chi connectivity index (χ0v) is 15.2. The fourth-order valence-electron chi connectivity index (χ4n) is 3.19. The first kappa shape index (κ1) is 18.7. The van der Waals surface area contributed by atoms with Crippen LogP contribution >= 0.6 is 0 Å². The van der Waals surface area contributed by atoms with E-state index < -0.39 is 11.7 Å². The molecule has 4 nitrogen and oxygen atoms in total. The summed E-state index contributed by atoms with van der Waals surface area (Å²) in [4.78, 5) is 0. The lowest BCUT2D eigenvalue weighted by molar-refractivity contribution is -0.138. The normalized spacial score (nSPS) is 15.8. The second-order valence-corrected chi connectivity index (χ2v) is 7.27. The van der Waals surface area contributed by atoms with Crippen LogP contribution in [0.1, 0.15) is 42.6 Å². The summed E-state index contributed by atoms with van der Waals surface area (Å²) < 4.78 is 61.2. The van der Waals surface area contributed by atoms with E-state index in [2.05, 4.69) is 10.2 Å². The van der Waals surface area contributed by atoms with Crippen molar-refractivity contribution < 1.29 is 22.3 Å². The van der Waals surface area contributed by atoms with E-state index in [9.17, 15) is 17.6 Å². The average molecular weight is 393 g/mol. The van der Waals surface area contributed by atoms with Crippen molar-refractivity contribution >= 4 is 5.65 Å². The molecule has 1 unspecified atom stereocenters. The van der Waals surface area contributed by atoms with Crippen molar-refractivity contribution in [2.75, 3.05) is 6.61 Å². The molecule has 28 heavy (non-hydrogen) atoms. The first-order chi connectivity index (χ1) is 13.3. The van der Waals surface area contributed by atoms with Gasteiger partial charge in [-0.05, 0) is 42.5 Å². The van der Waals surface area contributed by atoms with Gasteiger partial charge in [0.1, 0.15) is 23.0 Å². The fraction of sp³-hybridized carbons (Fsp3) is 0.400. The van der Waals surface area contributed by atoms with E-state index in [4.69, 9.17) is 4.74 Å². The molecule has 1 fully saturated rings. The van der Waals surface area contributed by atoms with E-state index in [1.165, 1.54) is 28.8 Å². The summed E-state index contributed by atoms with van der Waals surface area (Å²) in [6.07, 6.45) is -0.325. The van der Waals surface area contributed by atoms with Gasteiger partial charge in [0.05, 0.1) is 6.61 Å². The Bertz CT molecular complexity index is 978. The van der Waals surface area contributed by atoms with Crippen LogP contribution in [0.15, 0.2) is 36.5 Å².